The van der Waals surface area contributed by atoms with Crippen LogP contribution in [0.3, 0.4) is 0 Å². The lowest BCUT2D eigenvalue weighted by molar-refractivity contribution is 0.379. The molecule has 0 aromatic carbocycles. The molecule has 4 heteroatoms. The van der Waals surface area contributed by atoms with Gasteiger partial charge in [-0.05, 0) is 6.08 Å². The molecule has 1 aliphatic rings. The van der Waals surface area contributed by atoms with Gasteiger partial charge in [0.05, 0.1) is 0 Å². The summed E-state index contributed by atoms with van der Waals surface area (Å²) in [6.07, 6.45) is 4.12. The van der Waals surface area contributed by atoms with Gasteiger partial charge in [0.1, 0.15) is 5.84 Å². The van der Waals surface area contributed by atoms with E-state index >= 15 is 0 Å². The summed E-state index contributed by atoms with van der Waals surface area (Å²) in [5.74, 6) is -0.207. The molecular formula is C6H12N4. The lowest BCUT2D eigenvalue weighted by Gasteiger charge is -2.26. The largest absolute Gasteiger partial charge is 0.384 e. The molecule has 0 saturated heterocycles. The summed E-state index contributed by atoms with van der Waals surface area (Å²) >= 11 is 0. The van der Waals surface area contributed by atoms with Crippen LogP contribution >= 0.6 is 0 Å². The maximum Gasteiger partial charge on any atom is 0.183 e. The summed E-state index contributed by atoms with van der Waals surface area (Å²) in [6, 6.07) is 0. The Hall–Kier alpha value is -1.03. The topological polar surface area (TPSA) is 76.4 Å². The van der Waals surface area contributed by atoms with Crippen molar-refractivity contribution in [2.45, 2.75) is 19.1 Å². The first-order valence-corrected chi connectivity index (χ1v) is 3.25. The van der Waals surface area contributed by atoms with Crippen LogP contribution in [0.2, 0.25) is 0 Å². The molecular weight excluding hydrogens is 128 g/mol. The molecule has 0 bridgehead atoms. The molecule has 0 aromatic rings. The predicted molar refractivity (Wildman–Crippen MR) is 41.1 cm³/mol. The number of nitrogens with two attached hydrogens (primary N) is 2. The smallest absolute Gasteiger partial charge is 0.183 e. The van der Waals surface area contributed by atoms with Crippen molar-refractivity contribution in [3.05, 3.63) is 12.3 Å². The van der Waals surface area contributed by atoms with E-state index in [1.807, 2.05) is 6.92 Å². The van der Waals surface area contributed by atoms with Gasteiger partial charge in [0.15, 0.2) is 5.79 Å². The van der Waals surface area contributed by atoms with E-state index < -0.39 is 5.79 Å². The van der Waals surface area contributed by atoms with Crippen LogP contribution in [0.25, 0.3) is 0 Å². The van der Waals surface area contributed by atoms with Crippen molar-refractivity contribution in [1.29, 1.82) is 0 Å². The fraction of sp³-hybridized carbons (Fsp3) is 0.500. The van der Waals surface area contributed by atoms with Gasteiger partial charge in [-0.25, -0.2) is 4.99 Å². The standard InChI is InChI=1S/C6H12N4/c1-2-6(8)9-4-3-5(7)10-6/h3-4,9H,2,8H2,1H3,(H2,7,10). The normalized spacial score (nSPS) is 31.2. The highest BCUT2D eigenvalue weighted by Gasteiger charge is 2.20. The zero-order valence-electron chi connectivity index (χ0n) is 5.96. The van der Waals surface area contributed by atoms with Crippen LogP contribution in [0.15, 0.2) is 17.3 Å². The second kappa shape index (κ2) is 2.30. The summed E-state index contributed by atoms with van der Waals surface area (Å²) in [6.45, 7) is 1.95. The molecule has 0 fully saturated rings. The third-order valence-electron chi connectivity index (χ3n) is 1.45. The molecule has 1 atom stereocenters. The van der Waals surface area contributed by atoms with Crippen LogP contribution < -0.4 is 16.8 Å². The van der Waals surface area contributed by atoms with E-state index in [-0.39, 0.29) is 0 Å². The van der Waals surface area contributed by atoms with Crippen LogP contribution in [0.5, 0.6) is 0 Å². The molecule has 0 aromatic heterocycles. The second-order valence-electron chi connectivity index (χ2n) is 2.29. The van der Waals surface area contributed by atoms with Crippen molar-refractivity contribution in [1.82, 2.24) is 5.32 Å². The van der Waals surface area contributed by atoms with Crippen molar-refractivity contribution in [3.8, 4) is 0 Å². The minimum atomic E-state index is -0.682. The number of amidine groups is 1. The fourth-order valence-electron chi connectivity index (χ4n) is 0.752. The Morgan fingerprint density at radius 3 is 2.90 bits per heavy atom. The number of nitrogens with one attached hydrogen (secondary N) is 1. The highest BCUT2D eigenvalue weighted by molar-refractivity contribution is 5.92. The summed E-state index contributed by atoms with van der Waals surface area (Å²) < 4.78 is 0. The molecule has 0 radical (unpaired) electrons. The Morgan fingerprint density at radius 1 is 1.80 bits per heavy atom. The Kier molecular flexibility index (Phi) is 1.63. The number of nitrogens with zero attached hydrogens (tertiary/aromatic N) is 1. The fourth-order valence-corrected chi connectivity index (χ4v) is 0.752. The number of hydrogen-bond acceptors (Lipinski definition) is 4. The van der Waals surface area contributed by atoms with Gasteiger partial charge < -0.3 is 11.1 Å². The van der Waals surface area contributed by atoms with Crippen LogP contribution in [0.4, 0.5) is 0 Å². The Morgan fingerprint density at radius 2 is 2.50 bits per heavy atom. The van der Waals surface area contributed by atoms with Gasteiger partial charge in [-0.3, -0.25) is 5.73 Å². The molecule has 0 amide bonds. The lowest BCUT2D eigenvalue weighted by atomic mass is 10.2. The highest BCUT2D eigenvalue weighted by atomic mass is 15.3. The average Bonchev–Trinajstić information content (AvgIpc) is 1.88. The Balaban J connectivity index is 2.76. The van der Waals surface area contributed by atoms with Crippen molar-refractivity contribution in [2.75, 3.05) is 0 Å². The maximum absolute atomic E-state index is 5.72. The van der Waals surface area contributed by atoms with Crippen LogP contribution in [-0.2, 0) is 0 Å². The van der Waals surface area contributed by atoms with E-state index in [9.17, 15) is 0 Å². The van der Waals surface area contributed by atoms with E-state index in [1.165, 1.54) is 0 Å². The molecule has 0 saturated carbocycles. The third-order valence-corrected chi connectivity index (χ3v) is 1.45. The molecule has 10 heavy (non-hydrogen) atoms. The molecule has 1 heterocycles. The first-order valence-electron chi connectivity index (χ1n) is 3.25. The van der Waals surface area contributed by atoms with Gasteiger partial charge >= 0.3 is 0 Å². The van der Waals surface area contributed by atoms with Gasteiger partial charge in [0.2, 0.25) is 0 Å². The molecule has 4 nitrogen and oxygen atoms in total. The highest BCUT2D eigenvalue weighted by Crippen LogP contribution is 2.06. The van der Waals surface area contributed by atoms with Crippen LogP contribution in [-0.4, -0.2) is 11.6 Å². The van der Waals surface area contributed by atoms with Crippen LogP contribution in [0, 0.1) is 0 Å². The van der Waals surface area contributed by atoms with E-state index in [0.717, 1.165) is 6.42 Å². The molecule has 5 N–H and O–H groups in total. The monoisotopic (exact) mass is 140 g/mol. The molecule has 1 rings (SSSR count). The zero-order chi connectivity index (χ0) is 7.61. The third kappa shape index (κ3) is 1.27. The van der Waals surface area contributed by atoms with Gasteiger partial charge in [0.25, 0.3) is 0 Å². The van der Waals surface area contributed by atoms with E-state index in [4.69, 9.17) is 11.5 Å². The average molecular weight is 140 g/mol. The number of hydrogen-bond donors (Lipinski definition) is 3. The minimum Gasteiger partial charge on any atom is -0.384 e. The van der Waals surface area contributed by atoms with Gasteiger partial charge in [-0.2, -0.15) is 0 Å². The number of aliphatic imine (C=N–C) groups is 1. The number of rotatable bonds is 1. The predicted octanol–water partition coefficient (Wildman–Crippen LogP) is -0.517. The van der Waals surface area contributed by atoms with E-state index in [2.05, 4.69) is 10.3 Å². The maximum atomic E-state index is 5.72. The quantitative estimate of drug-likeness (QED) is 0.459. The summed E-state index contributed by atoms with van der Waals surface area (Å²) in [5.41, 5.74) is 11.1. The Bertz CT molecular complexity index is 184. The molecule has 0 aliphatic carbocycles. The van der Waals surface area contributed by atoms with Gasteiger partial charge in [-0.1, -0.05) is 6.92 Å². The van der Waals surface area contributed by atoms with Crippen LogP contribution in [0.1, 0.15) is 13.3 Å². The van der Waals surface area contributed by atoms with Crippen molar-refractivity contribution in [2.24, 2.45) is 16.5 Å². The van der Waals surface area contributed by atoms with Crippen molar-refractivity contribution < 1.29 is 0 Å². The molecule has 1 unspecified atom stereocenters. The summed E-state index contributed by atoms with van der Waals surface area (Å²) in [5, 5.41) is 2.91. The SMILES string of the molecule is CCC1(N)N=C(N)C=CN1. The van der Waals surface area contributed by atoms with E-state index in [1.54, 1.807) is 12.3 Å². The zero-order valence-corrected chi connectivity index (χ0v) is 5.96. The first-order chi connectivity index (χ1) is 4.66. The summed E-state index contributed by atoms with van der Waals surface area (Å²) in [4.78, 5) is 4.01. The summed E-state index contributed by atoms with van der Waals surface area (Å²) in [7, 11) is 0. The Labute approximate surface area is 60.0 Å². The van der Waals surface area contributed by atoms with Crippen molar-refractivity contribution >= 4 is 5.84 Å². The van der Waals surface area contributed by atoms with E-state index in [0.29, 0.717) is 5.84 Å². The van der Waals surface area contributed by atoms with Gasteiger partial charge in [-0.15, -0.1) is 0 Å². The van der Waals surface area contributed by atoms with Crippen molar-refractivity contribution in [3.63, 3.8) is 0 Å². The molecule has 0 spiro atoms. The molecule has 56 valence electrons. The lowest BCUT2D eigenvalue weighted by Crippen LogP contribution is -2.51. The second-order valence-corrected chi connectivity index (χ2v) is 2.29. The molecule has 1 aliphatic heterocycles. The minimum absolute atomic E-state index is 0.475. The van der Waals surface area contributed by atoms with Gasteiger partial charge in [0, 0.05) is 12.6 Å². The first kappa shape index (κ1) is 7.08.